The van der Waals surface area contributed by atoms with Gasteiger partial charge >= 0.3 is 0 Å². The normalized spacial score (nSPS) is 12.6. The first-order valence-electron chi connectivity index (χ1n) is 8.31. The van der Waals surface area contributed by atoms with Crippen LogP contribution in [0.25, 0.3) is 10.9 Å². The van der Waals surface area contributed by atoms with Crippen molar-refractivity contribution in [1.82, 2.24) is 9.55 Å². The summed E-state index contributed by atoms with van der Waals surface area (Å²) in [6.07, 6.45) is 7.75. The van der Waals surface area contributed by atoms with Crippen LogP contribution < -0.4 is 0 Å². The number of fused-ring (bicyclic) bond motifs is 1. The second kappa shape index (κ2) is 6.78. The molecule has 0 saturated carbocycles. The molecule has 0 fully saturated rings. The van der Waals surface area contributed by atoms with Gasteiger partial charge < -0.3 is 4.57 Å². The zero-order valence-corrected chi connectivity index (χ0v) is 13.5. The average molecular weight is 292 g/mol. The van der Waals surface area contributed by atoms with E-state index in [1.54, 1.807) is 0 Å². The molecule has 0 aliphatic rings. The van der Waals surface area contributed by atoms with E-state index in [0.29, 0.717) is 5.92 Å². The summed E-state index contributed by atoms with van der Waals surface area (Å²) in [5.41, 5.74) is 3.90. The molecule has 22 heavy (non-hydrogen) atoms. The zero-order chi connectivity index (χ0) is 15.4. The maximum Gasteiger partial charge on any atom is 0.0528 e. The third kappa shape index (κ3) is 2.92. The van der Waals surface area contributed by atoms with E-state index < -0.39 is 0 Å². The Morgan fingerprint density at radius 2 is 1.86 bits per heavy atom. The van der Waals surface area contributed by atoms with Crippen LogP contribution in [-0.2, 0) is 6.54 Å². The van der Waals surface area contributed by atoms with Gasteiger partial charge in [0.2, 0.25) is 0 Å². The molecule has 0 bridgehead atoms. The van der Waals surface area contributed by atoms with Gasteiger partial charge in [-0.15, -0.1) is 0 Å². The van der Waals surface area contributed by atoms with Gasteiger partial charge in [0.15, 0.2) is 0 Å². The number of benzene rings is 1. The van der Waals surface area contributed by atoms with Crippen LogP contribution in [0.5, 0.6) is 0 Å². The molecule has 2 aromatic heterocycles. The maximum atomic E-state index is 4.70. The Morgan fingerprint density at radius 1 is 1.05 bits per heavy atom. The lowest BCUT2D eigenvalue weighted by Gasteiger charge is -2.14. The van der Waals surface area contributed by atoms with Crippen molar-refractivity contribution in [1.29, 1.82) is 0 Å². The summed E-state index contributed by atoms with van der Waals surface area (Å²) in [5, 5.41) is 1.32. The Kier molecular flexibility index (Phi) is 4.57. The molecule has 2 heteroatoms. The maximum absolute atomic E-state index is 4.70. The van der Waals surface area contributed by atoms with Crippen molar-refractivity contribution in [3.8, 4) is 0 Å². The van der Waals surface area contributed by atoms with Gasteiger partial charge in [0.05, 0.1) is 11.2 Å². The summed E-state index contributed by atoms with van der Waals surface area (Å²) in [6.45, 7) is 5.43. The van der Waals surface area contributed by atoms with Crippen LogP contribution in [0.4, 0.5) is 0 Å². The minimum Gasteiger partial charge on any atom is -0.343 e. The van der Waals surface area contributed by atoms with Gasteiger partial charge in [0.25, 0.3) is 0 Å². The largest absolute Gasteiger partial charge is 0.343 e. The highest BCUT2D eigenvalue weighted by Gasteiger charge is 2.15. The summed E-state index contributed by atoms with van der Waals surface area (Å²) in [6, 6.07) is 15.0. The first-order valence-corrected chi connectivity index (χ1v) is 8.31. The van der Waals surface area contributed by atoms with Crippen LogP contribution in [0.15, 0.2) is 54.9 Å². The van der Waals surface area contributed by atoms with E-state index in [1.807, 2.05) is 6.20 Å². The number of rotatable bonds is 6. The Bertz CT molecular complexity index is 728. The monoisotopic (exact) mass is 292 g/mol. The molecule has 0 aliphatic heterocycles. The molecule has 0 aliphatic carbocycles. The quantitative estimate of drug-likeness (QED) is 0.596. The van der Waals surface area contributed by atoms with Crippen LogP contribution in [0, 0.1) is 0 Å². The predicted molar refractivity (Wildman–Crippen MR) is 93.2 cm³/mol. The molecular weight excluding hydrogens is 268 g/mol. The van der Waals surface area contributed by atoms with Crippen molar-refractivity contribution in [2.45, 2.75) is 45.6 Å². The van der Waals surface area contributed by atoms with Crippen molar-refractivity contribution >= 4 is 10.9 Å². The molecule has 0 amide bonds. The van der Waals surface area contributed by atoms with Crippen molar-refractivity contribution < 1.29 is 0 Å². The van der Waals surface area contributed by atoms with Gasteiger partial charge in [-0.3, -0.25) is 4.98 Å². The smallest absolute Gasteiger partial charge is 0.0528 e. The van der Waals surface area contributed by atoms with Crippen LogP contribution in [0.2, 0.25) is 0 Å². The van der Waals surface area contributed by atoms with E-state index in [1.165, 1.54) is 35.0 Å². The number of pyridine rings is 1. The minimum absolute atomic E-state index is 0.571. The molecule has 3 aromatic rings. The van der Waals surface area contributed by atoms with Crippen LogP contribution >= 0.6 is 0 Å². The first-order chi connectivity index (χ1) is 10.8. The third-order valence-corrected chi connectivity index (χ3v) is 4.44. The van der Waals surface area contributed by atoms with E-state index in [0.717, 1.165) is 13.0 Å². The molecule has 2 nitrogen and oxygen atoms in total. The molecule has 2 heterocycles. The fraction of sp³-hybridized carbons (Fsp3) is 0.350. The van der Waals surface area contributed by atoms with E-state index in [2.05, 4.69) is 67.1 Å². The Labute approximate surface area is 132 Å². The summed E-state index contributed by atoms with van der Waals surface area (Å²) < 4.78 is 2.33. The van der Waals surface area contributed by atoms with Crippen molar-refractivity contribution in [3.05, 3.63) is 66.1 Å². The van der Waals surface area contributed by atoms with Crippen LogP contribution in [0.1, 0.15) is 50.3 Å². The van der Waals surface area contributed by atoms with Gasteiger partial charge in [-0.1, -0.05) is 50.6 Å². The SMILES string of the molecule is CCCC(CC)c1nccc2c1ccn2Cc1ccccc1. The van der Waals surface area contributed by atoms with E-state index in [9.17, 15) is 0 Å². The predicted octanol–water partition coefficient (Wildman–Crippen LogP) is 5.38. The lowest BCUT2D eigenvalue weighted by Crippen LogP contribution is -2.02. The summed E-state index contributed by atoms with van der Waals surface area (Å²) in [7, 11) is 0. The van der Waals surface area contributed by atoms with Gasteiger partial charge in [-0.05, 0) is 30.5 Å². The van der Waals surface area contributed by atoms with Crippen molar-refractivity contribution in [2.75, 3.05) is 0 Å². The van der Waals surface area contributed by atoms with Crippen molar-refractivity contribution in [2.24, 2.45) is 0 Å². The lowest BCUT2D eigenvalue weighted by molar-refractivity contribution is 0.586. The molecule has 1 unspecified atom stereocenters. The number of hydrogen-bond donors (Lipinski definition) is 0. The van der Waals surface area contributed by atoms with Crippen LogP contribution in [-0.4, -0.2) is 9.55 Å². The number of aromatic nitrogens is 2. The molecule has 1 aromatic carbocycles. The van der Waals surface area contributed by atoms with E-state index in [-0.39, 0.29) is 0 Å². The van der Waals surface area contributed by atoms with Gasteiger partial charge in [0.1, 0.15) is 0 Å². The van der Waals surface area contributed by atoms with Gasteiger partial charge in [-0.2, -0.15) is 0 Å². The Hall–Kier alpha value is -2.09. The summed E-state index contributed by atoms with van der Waals surface area (Å²) in [5.74, 6) is 0.571. The zero-order valence-electron chi connectivity index (χ0n) is 13.5. The second-order valence-corrected chi connectivity index (χ2v) is 5.95. The minimum atomic E-state index is 0.571. The molecule has 0 spiro atoms. The molecular formula is C20H24N2. The average Bonchev–Trinajstić information content (AvgIpc) is 2.97. The fourth-order valence-electron chi connectivity index (χ4n) is 3.27. The highest BCUT2D eigenvalue weighted by molar-refractivity contribution is 5.82. The first kappa shape index (κ1) is 14.8. The third-order valence-electron chi connectivity index (χ3n) is 4.44. The van der Waals surface area contributed by atoms with Crippen molar-refractivity contribution in [3.63, 3.8) is 0 Å². The summed E-state index contributed by atoms with van der Waals surface area (Å²) >= 11 is 0. The van der Waals surface area contributed by atoms with Gasteiger partial charge in [0, 0.05) is 30.2 Å². The number of nitrogens with zero attached hydrogens (tertiary/aromatic N) is 2. The second-order valence-electron chi connectivity index (χ2n) is 5.95. The Balaban J connectivity index is 1.98. The van der Waals surface area contributed by atoms with Crippen LogP contribution in [0.3, 0.4) is 0 Å². The molecule has 0 N–H and O–H groups in total. The molecule has 3 rings (SSSR count). The highest BCUT2D eigenvalue weighted by atomic mass is 15.0. The molecule has 0 radical (unpaired) electrons. The number of hydrogen-bond acceptors (Lipinski definition) is 1. The summed E-state index contributed by atoms with van der Waals surface area (Å²) in [4.78, 5) is 4.70. The fourth-order valence-corrected chi connectivity index (χ4v) is 3.27. The lowest BCUT2D eigenvalue weighted by atomic mass is 9.94. The highest BCUT2D eigenvalue weighted by Crippen LogP contribution is 2.30. The molecule has 114 valence electrons. The molecule has 0 saturated heterocycles. The standard InChI is InChI=1S/C20H24N2/c1-3-8-17(4-2)20-18-12-14-22(19(18)11-13-21-20)15-16-9-6-5-7-10-16/h5-7,9-14,17H,3-4,8,15H2,1-2H3. The van der Waals surface area contributed by atoms with E-state index in [4.69, 9.17) is 4.98 Å². The Morgan fingerprint density at radius 3 is 2.59 bits per heavy atom. The van der Waals surface area contributed by atoms with Gasteiger partial charge in [-0.25, -0.2) is 0 Å². The van der Waals surface area contributed by atoms with E-state index >= 15 is 0 Å². The topological polar surface area (TPSA) is 17.8 Å². The molecule has 1 atom stereocenters.